The summed E-state index contributed by atoms with van der Waals surface area (Å²) in [6, 6.07) is 0. The smallest absolute Gasteiger partial charge is 0.549 e. The summed E-state index contributed by atoms with van der Waals surface area (Å²) in [5, 5.41) is 78.8. The van der Waals surface area contributed by atoms with Crippen molar-refractivity contribution in [1.82, 2.24) is 0 Å². The van der Waals surface area contributed by atoms with Crippen molar-refractivity contribution >= 4 is 105 Å². The summed E-state index contributed by atoms with van der Waals surface area (Å²) in [7, 11) is 0. The molecule has 0 fully saturated rings. The van der Waals surface area contributed by atoms with E-state index in [1.807, 2.05) is 0 Å². The van der Waals surface area contributed by atoms with Crippen LogP contribution in [0.15, 0.2) is 0 Å². The molecule has 0 radical (unpaired) electrons. The van der Waals surface area contributed by atoms with E-state index in [2.05, 4.69) is 0 Å². The number of rotatable bonds is 8. The van der Waals surface area contributed by atoms with E-state index in [0.717, 1.165) is 0 Å². The molecule has 0 aliphatic carbocycles. The molecule has 0 aromatic rings. The summed E-state index contributed by atoms with van der Waals surface area (Å²) >= 11 is 0. The van der Waals surface area contributed by atoms with Crippen LogP contribution in [-0.2, 0) is 28.8 Å². The second-order valence-electron chi connectivity index (χ2n) is 4.69. The van der Waals surface area contributed by atoms with Crippen LogP contribution in [0.2, 0.25) is 0 Å². The van der Waals surface area contributed by atoms with Crippen LogP contribution in [0, 0.1) is 10.8 Å². The maximum Gasteiger partial charge on any atom is 2.00 e. The van der Waals surface area contributed by atoms with Crippen LogP contribution in [0.4, 0.5) is 0 Å². The fourth-order valence-corrected chi connectivity index (χ4v) is 1.52. The van der Waals surface area contributed by atoms with Crippen molar-refractivity contribution in [1.29, 1.82) is 0 Å². The average Bonchev–Trinajstić information content (AvgIpc) is 2.35. The molecule has 17 heteroatoms. The van der Waals surface area contributed by atoms with Crippen LogP contribution in [0.5, 0.6) is 0 Å². The van der Waals surface area contributed by atoms with E-state index in [4.69, 9.17) is 10.2 Å². The Labute approximate surface area is 210 Å². The molecular weight excluding hydrogens is 441 g/mol. The Kier molecular flexibility index (Phi) is 19.9. The van der Waals surface area contributed by atoms with Crippen LogP contribution in [0.25, 0.3) is 0 Å². The summed E-state index contributed by atoms with van der Waals surface area (Å²) in [4.78, 5) is 61.4. The number of carbonyl (C=O) groups excluding carboxylic acids is 6. The maximum atomic E-state index is 10.2. The molecule has 2 atom stereocenters. The Morgan fingerprint density at radius 2 is 0.621 bits per heavy atom. The van der Waals surface area contributed by atoms with Gasteiger partial charge in [0.2, 0.25) is 0 Å². The molecule has 0 saturated heterocycles. The topological polar surface area (TPSA) is 281 Å². The SMILES string of the molecule is CC(O)C(C(=O)[O-])(C(=O)[O-])C(=O)[O-].CC(O)C(C(=O)[O-])(C(=O)[O-])C(=O)[O-].[Mg+2].[Mg+2].[Mg+2]. The molecule has 148 valence electrons. The van der Waals surface area contributed by atoms with Crippen molar-refractivity contribution in [3.05, 3.63) is 0 Å². The first kappa shape index (κ1) is 38.6. The van der Waals surface area contributed by atoms with Crippen molar-refractivity contribution in [3.63, 3.8) is 0 Å². The Balaban J connectivity index is -0.000000120. The third-order valence-electron chi connectivity index (χ3n) is 3.19. The van der Waals surface area contributed by atoms with Gasteiger partial charge in [0.1, 0.15) is 10.8 Å². The molecule has 2 N–H and O–H groups in total. The molecule has 0 aromatic carbocycles. The van der Waals surface area contributed by atoms with Crippen molar-refractivity contribution in [3.8, 4) is 0 Å². The molecule has 0 bridgehead atoms. The maximum absolute atomic E-state index is 10.2. The largest absolute Gasteiger partial charge is 2.00 e. The van der Waals surface area contributed by atoms with Crippen LogP contribution in [0.1, 0.15) is 13.8 Å². The number of hydrogen-bond donors (Lipinski definition) is 2. The van der Waals surface area contributed by atoms with E-state index in [1.54, 1.807) is 0 Å². The number of aliphatic hydroxyl groups is 2. The van der Waals surface area contributed by atoms with Gasteiger partial charge in [-0.25, -0.2) is 0 Å². The normalized spacial score (nSPS) is 12.0. The molecule has 0 aromatic heterocycles. The van der Waals surface area contributed by atoms with Gasteiger partial charge in [-0.2, -0.15) is 0 Å². The van der Waals surface area contributed by atoms with Crippen LogP contribution < -0.4 is 30.6 Å². The van der Waals surface area contributed by atoms with Crippen molar-refractivity contribution in [2.24, 2.45) is 10.8 Å². The summed E-state index contributed by atoms with van der Waals surface area (Å²) in [6.45, 7) is 1.34. The van der Waals surface area contributed by atoms with Gasteiger partial charge in [0, 0.05) is 0 Å². The Morgan fingerprint density at radius 3 is 0.621 bits per heavy atom. The fourth-order valence-electron chi connectivity index (χ4n) is 1.52. The first-order valence-corrected chi connectivity index (χ1v) is 6.20. The minimum Gasteiger partial charge on any atom is -0.549 e. The second kappa shape index (κ2) is 14.9. The number of aliphatic carboxylic acids is 6. The molecular formula is C12H10Mg3O14. The monoisotopic (exact) mass is 450 g/mol. The van der Waals surface area contributed by atoms with Gasteiger partial charge < -0.3 is 69.6 Å². The third-order valence-corrected chi connectivity index (χ3v) is 3.19. The van der Waals surface area contributed by atoms with Gasteiger partial charge in [-0.1, -0.05) is 0 Å². The van der Waals surface area contributed by atoms with Gasteiger partial charge in [0.05, 0.1) is 48.0 Å². The zero-order valence-corrected chi connectivity index (χ0v) is 19.3. The second-order valence-corrected chi connectivity index (χ2v) is 4.69. The van der Waals surface area contributed by atoms with Crippen LogP contribution >= 0.6 is 0 Å². The number of carboxylic acids is 6. The van der Waals surface area contributed by atoms with Gasteiger partial charge in [0.15, 0.2) is 0 Å². The summed E-state index contributed by atoms with van der Waals surface area (Å²) in [6.07, 6.45) is -4.43. The summed E-state index contributed by atoms with van der Waals surface area (Å²) < 4.78 is 0. The first-order valence-electron chi connectivity index (χ1n) is 6.20. The predicted octanol–water partition coefficient (Wildman–Crippen LogP) is -11.9. The Hall–Kier alpha value is -0.961. The van der Waals surface area contributed by atoms with Gasteiger partial charge in [-0.15, -0.1) is 0 Å². The van der Waals surface area contributed by atoms with E-state index in [1.165, 1.54) is 0 Å². The van der Waals surface area contributed by atoms with Crippen molar-refractivity contribution in [2.45, 2.75) is 26.1 Å². The number of aliphatic hydroxyl groups excluding tert-OH is 2. The minimum atomic E-state index is -3.53. The standard InChI is InChI=1S/2C6H8O7.3Mg/c2*1-2(7)6(3(8)9,4(10)11)5(12)13;;;/h2*2,7H,1H3,(H,8,9)(H,10,11)(H,12,13);;;/q;;3*+2/p-6. The van der Waals surface area contributed by atoms with Gasteiger partial charge in [-0.3, -0.25) is 0 Å². The Bertz CT molecular complexity index is 503. The molecule has 0 spiro atoms. The zero-order valence-electron chi connectivity index (χ0n) is 15.1. The van der Waals surface area contributed by atoms with E-state index < -0.39 is 58.9 Å². The predicted molar refractivity (Wildman–Crippen MR) is 75.5 cm³/mol. The molecule has 14 nitrogen and oxygen atoms in total. The van der Waals surface area contributed by atoms with E-state index >= 15 is 0 Å². The van der Waals surface area contributed by atoms with Crippen molar-refractivity contribution in [2.75, 3.05) is 0 Å². The third kappa shape index (κ3) is 7.66. The molecule has 29 heavy (non-hydrogen) atoms. The van der Waals surface area contributed by atoms with Crippen molar-refractivity contribution < 1.29 is 69.6 Å². The molecule has 0 aliphatic rings. The van der Waals surface area contributed by atoms with Gasteiger partial charge in [-0.05, 0) is 13.8 Å². The van der Waals surface area contributed by atoms with Crippen LogP contribution in [0.3, 0.4) is 0 Å². The number of carboxylic acid groups (broad SMARTS) is 6. The van der Waals surface area contributed by atoms with E-state index in [0.29, 0.717) is 13.8 Å². The summed E-state index contributed by atoms with van der Waals surface area (Å²) in [5.41, 5.74) is -7.06. The van der Waals surface area contributed by atoms with Gasteiger partial charge in [0.25, 0.3) is 0 Å². The molecule has 0 aliphatic heterocycles. The van der Waals surface area contributed by atoms with E-state index in [-0.39, 0.29) is 69.2 Å². The average molecular weight is 451 g/mol. The molecule has 0 heterocycles. The molecule has 0 rings (SSSR count). The molecule has 0 amide bonds. The van der Waals surface area contributed by atoms with Gasteiger partial charge >= 0.3 is 69.2 Å². The fraction of sp³-hybridized carbons (Fsp3) is 0.500. The number of carbonyl (C=O) groups is 6. The Morgan fingerprint density at radius 1 is 0.517 bits per heavy atom. The zero-order chi connectivity index (χ0) is 21.6. The molecule has 2 unspecified atom stereocenters. The first-order chi connectivity index (χ1) is 11.5. The quantitative estimate of drug-likeness (QED) is 0.256. The number of hydrogen-bond acceptors (Lipinski definition) is 14. The summed E-state index contributed by atoms with van der Waals surface area (Å²) in [5.74, 6) is -14.9. The molecule has 0 saturated carbocycles. The van der Waals surface area contributed by atoms with Crippen LogP contribution in [-0.4, -0.2) is 127 Å². The van der Waals surface area contributed by atoms with E-state index in [9.17, 15) is 59.4 Å². The minimum absolute atomic E-state index is 0.